The van der Waals surface area contributed by atoms with Crippen LogP contribution in [0, 0.1) is 0 Å². The fourth-order valence-corrected chi connectivity index (χ4v) is 5.07. The lowest BCUT2D eigenvalue weighted by atomic mass is 10.2. The van der Waals surface area contributed by atoms with Crippen LogP contribution in [0.15, 0.2) is 121 Å². The lowest BCUT2D eigenvalue weighted by Crippen LogP contribution is -2.19. The molecule has 0 radical (unpaired) electrons. The van der Waals surface area contributed by atoms with E-state index in [4.69, 9.17) is 16.1 Å². The minimum Gasteiger partial charge on any atom is -0.462 e. The zero-order valence-electron chi connectivity index (χ0n) is 17.2. The number of carbonyl (C=O) groups excluding carboxylic acids is 1. The van der Waals surface area contributed by atoms with Crippen molar-refractivity contribution < 1.29 is 9.32 Å². The molecule has 1 amide bonds. The quantitative estimate of drug-likeness (QED) is 0.268. The van der Waals surface area contributed by atoms with Crippen molar-refractivity contribution in [2.45, 2.75) is 0 Å². The maximum absolute atomic E-state index is 12.7. The summed E-state index contributed by atoms with van der Waals surface area (Å²) in [5.41, 5.74) is 1.28. The van der Waals surface area contributed by atoms with E-state index in [0.29, 0.717) is 21.9 Å². The SMILES string of the molecule is O=C(NC=C(OP(c1ccccc1)c1ccccc1)c1ccccc1Cl)c1ccccc1. The molecule has 0 heterocycles. The van der Waals surface area contributed by atoms with Crippen LogP contribution in [0.25, 0.3) is 5.76 Å². The van der Waals surface area contributed by atoms with E-state index in [1.54, 1.807) is 24.4 Å². The Balaban J connectivity index is 1.72. The molecular weight excluding hydrogens is 437 g/mol. The number of nitrogens with one attached hydrogen (secondary N) is 1. The Labute approximate surface area is 194 Å². The number of hydrogen-bond donors (Lipinski definition) is 1. The lowest BCUT2D eigenvalue weighted by molar-refractivity contribution is 0.0969. The van der Waals surface area contributed by atoms with Crippen molar-refractivity contribution in [1.82, 2.24) is 5.32 Å². The highest BCUT2D eigenvalue weighted by Gasteiger charge is 2.20. The molecule has 0 spiro atoms. The fraction of sp³-hybridized carbons (Fsp3) is 0. The van der Waals surface area contributed by atoms with Crippen molar-refractivity contribution >= 4 is 42.0 Å². The van der Waals surface area contributed by atoms with E-state index < -0.39 is 8.15 Å². The first-order valence-electron chi connectivity index (χ1n) is 10.1. The number of rotatable bonds is 7. The van der Waals surface area contributed by atoms with Gasteiger partial charge in [0.05, 0.1) is 5.02 Å². The van der Waals surface area contributed by atoms with Crippen molar-refractivity contribution in [1.29, 1.82) is 0 Å². The Hall–Kier alpha value is -3.39. The molecule has 0 aliphatic carbocycles. The predicted molar refractivity (Wildman–Crippen MR) is 133 cm³/mol. The summed E-state index contributed by atoms with van der Waals surface area (Å²) < 4.78 is 6.60. The zero-order valence-corrected chi connectivity index (χ0v) is 18.8. The first kappa shape index (κ1) is 21.8. The smallest absolute Gasteiger partial charge is 0.255 e. The molecule has 158 valence electrons. The van der Waals surface area contributed by atoms with Crippen molar-refractivity contribution in [2.75, 3.05) is 0 Å². The number of hydrogen-bond acceptors (Lipinski definition) is 2. The molecule has 0 unspecified atom stereocenters. The molecule has 0 bridgehead atoms. The topological polar surface area (TPSA) is 38.3 Å². The predicted octanol–water partition coefficient (Wildman–Crippen LogP) is 6.13. The summed E-state index contributed by atoms with van der Waals surface area (Å²) in [6.07, 6.45) is 1.60. The second kappa shape index (κ2) is 10.8. The monoisotopic (exact) mass is 457 g/mol. The first-order valence-corrected chi connectivity index (χ1v) is 11.8. The lowest BCUT2D eigenvalue weighted by Gasteiger charge is -2.22. The van der Waals surface area contributed by atoms with E-state index in [-0.39, 0.29) is 5.91 Å². The summed E-state index contributed by atoms with van der Waals surface area (Å²) in [4.78, 5) is 12.7. The van der Waals surface area contributed by atoms with Crippen molar-refractivity contribution in [3.63, 3.8) is 0 Å². The Morgan fingerprint density at radius 2 is 1.22 bits per heavy atom. The highest BCUT2D eigenvalue weighted by Crippen LogP contribution is 2.41. The maximum Gasteiger partial charge on any atom is 0.255 e. The van der Waals surface area contributed by atoms with Crippen molar-refractivity contribution in [3.05, 3.63) is 138 Å². The minimum atomic E-state index is -1.19. The molecule has 4 aromatic carbocycles. The van der Waals surface area contributed by atoms with Gasteiger partial charge in [-0.3, -0.25) is 4.79 Å². The van der Waals surface area contributed by atoms with E-state index in [1.807, 2.05) is 97.1 Å². The van der Waals surface area contributed by atoms with Gasteiger partial charge in [-0.05, 0) is 24.3 Å². The Bertz CT molecular complexity index is 1160. The van der Waals surface area contributed by atoms with Crippen molar-refractivity contribution in [2.24, 2.45) is 0 Å². The van der Waals surface area contributed by atoms with E-state index in [0.717, 1.165) is 10.6 Å². The second-order valence-corrected chi connectivity index (χ2v) is 9.10. The van der Waals surface area contributed by atoms with E-state index in [1.165, 1.54) is 0 Å². The summed E-state index contributed by atoms with van der Waals surface area (Å²) in [5.74, 6) is 0.279. The van der Waals surface area contributed by atoms with Crippen LogP contribution < -0.4 is 15.9 Å². The van der Waals surface area contributed by atoms with Crippen LogP contribution in [0.3, 0.4) is 0 Å². The minimum absolute atomic E-state index is 0.220. The van der Waals surface area contributed by atoms with Gasteiger partial charge in [-0.15, -0.1) is 0 Å². The van der Waals surface area contributed by atoms with Crippen LogP contribution in [0.5, 0.6) is 0 Å². The molecule has 3 nitrogen and oxygen atoms in total. The Morgan fingerprint density at radius 1 is 0.719 bits per heavy atom. The van der Waals surface area contributed by atoms with Gasteiger partial charge in [0.15, 0.2) is 8.15 Å². The van der Waals surface area contributed by atoms with Gasteiger partial charge < -0.3 is 9.84 Å². The fourth-order valence-electron chi connectivity index (χ4n) is 3.10. The van der Waals surface area contributed by atoms with Crippen LogP contribution in [0.4, 0.5) is 0 Å². The number of benzene rings is 4. The molecule has 0 aromatic heterocycles. The number of carbonyl (C=O) groups is 1. The molecule has 32 heavy (non-hydrogen) atoms. The van der Waals surface area contributed by atoms with Crippen molar-refractivity contribution in [3.8, 4) is 0 Å². The largest absolute Gasteiger partial charge is 0.462 e. The van der Waals surface area contributed by atoms with Crippen LogP contribution in [0.1, 0.15) is 15.9 Å². The van der Waals surface area contributed by atoms with Crippen LogP contribution in [-0.2, 0) is 4.52 Å². The molecule has 1 N–H and O–H groups in total. The van der Waals surface area contributed by atoms with E-state index in [9.17, 15) is 4.79 Å². The van der Waals surface area contributed by atoms with Gasteiger partial charge in [-0.25, -0.2) is 0 Å². The Kier molecular flexibility index (Phi) is 7.34. The highest BCUT2D eigenvalue weighted by molar-refractivity contribution is 7.68. The second-order valence-electron chi connectivity index (χ2n) is 6.88. The average molecular weight is 458 g/mol. The Morgan fingerprint density at radius 3 is 1.78 bits per heavy atom. The molecule has 5 heteroatoms. The average Bonchev–Trinajstić information content (AvgIpc) is 2.86. The molecule has 4 aromatic rings. The summed E-state index contributed by atoms with van der Waals surface area (Å²) in [6, 6.07) is 36.6. The van der Waals surface area contributed by atoms with Gasteiger partial charge in [0, 0.05) is 27.9 Å². The van der Waals surface area contributed by atoms with Gasteiger partial charge in [-0.2, -0.15) is 0 Å². The molecule has 0 saturated heterocycles. The summed E-state index contributed by atoms with van der Waals surface area (Å²) in [5, 5.41) is 5.52. The third-order valence-corrected chi connectivity index (χ3v) is 6.92. The summed E-state index contributed by atoms with van der Waals surface area (Å²) >= 11 is 6.50. The third kappa shape index (κ3) is 5.45. The van der Waals surface area contributed by atoms with E-state index in [2.05, 4.69) is 5.32 Å². The molecule has 0 aliphatic rings. The van der Waals surface area contributed by atoms with Crippen LogP contribution in [0.2, 0.25) is 5.02 Å². The highest BCUT2D eigenvalue weighted by atomic mass is 35.5. The standard InChI is InChI=1S/C27H21ClNO2P/c28-25-19-11-10-18-24(25)26(20-29-27(30)21-12-4-1-5-13-21)31-32(22-14-6-2-7-15-22)23-16-8-3-9-17-23/h1-20H,(H,29,30). The van der Waals surface area contributed by atoms with Gasteiger partial charge in [0.25, 0.3) is 5.91 Å². The number of amides is 1. The number of halogens is 1. The third-order valence-electron chi connectivity index (χ3n) is 4.68. The zero-order chi connectivity index (χ0) is 22.2. The molecular formula is C27H21ClNO2P. The van der Waals surface area contributed by atoms with Gasteiger partial charge >= 0.3 is 0 Å². The van der Waals surface area contributed by atoms with Crippen LogP contribution >= 0.6 is 19.7 Å². The van der Waals surface area contributed by atoms with Gasteiger partial charge in [0.2, 0.25) is 0 Å². The van der Waals surface area contributed by atoms with E-state index >= 15 is 0 Å². The van der Waals surface area contributed by atoms with Crippen LogP contribution in [-0.4, -0.2) is 5.91 Å². The molecule has 4 rings (SSSR count). The molecule has 0 atom stereocenters. The normalized spacial score (nSPS) is 11.2. The molecule has 0 saturated carbocycles. The maximum atomic E-state index is 12.7. The summed E-state index contributed by atoms with van der Waals surface area (Å²) in [7, 11) is -1.19. The first-order chi connectivity index (χ1) is 15.7. The van der Waals surface area contributed by atoms with Gasteiger partial charge in [0.1, 0.15) is 5.76 Å². The molecule has 0 fully saturated rings. The van der Waals surface area contributed by atoms with Gasteiger partial charge in [-0.1, -0.05) is 103 Å². The molecule has 0 aliphatic heterocycles. The summed E-state index contributed by atoms with van der Waals surface area (Å²) in [6.45, 7) is 0.